The Morgan fingerprint density at radius 3 is 1.00 bits per heavy atom. The van der Waals surface area contributed by atoms with Gasteiger partial charge in [0.2, 0.25) is 0 Å². The van der Waals surface area contributed by atoms with E-state index in [1.165, 1.54) is 0 Å². The summed E-state index contributed by atoms with van der Waals surface area (Å²) in [7, 11) is 27.9. The average Bonchev–Trinajstić information content (AvgIpc) is 2.21. The number of hydrogen-bond acceptors (Lipinski definition) is 2. The van der Waals surface area contributed by atoms with E-state index in [1.807, 2.05) is 76.0 Å². The molecule has 0 amide bonds. The van der Waals surface area contributed by atoms with Crippen molar-refractivity contribution < 1.29 is 0 Å². The van der Waals surface area contributed by atoms with E-state index in [1.54, 1.807) is 0 Å². The molecule has 0 aliphatic carbocycles. The zero-order valence-corrected chi connectivity index (χ0v) is 16.5. The topological polar surface area (TPSA) is 37.7 Å². The molecule has 0 saturated carbocycles. The molecule has 0 fully saturated rings. The molecular formula is C10H24Cl2GeN6. The van der Waals surface area contributed by atoms with Crippen molar-refractivity contribution in [3.63, 3.8) is 0 Å². The van der Waals surface area contributed by atoms with Crippen molar-refractivity contribution in [3.8, 4) is 0 Å². The van der Waals surface area contributed by atoms with Gasteiger partial charge in [-0.2, -0.15) is 0 Å². The zero-order chi connectivity index (χ0) is 15.4. The Labute approximate surface area is 127 Å². The van der Waals surface area contributed by atoms with Crippen LogP contribution in [-0.4, -0.2) is 99.8 Å². The molecule has 0 radical (unpaired) electrons. The van der Waals surface area contributed by atoms with E-state index < -0.39 is 11.9 Å². The van der Waals surface area contributed by atoms with Crippen LogP contribution in [0.15, 0.2) is 7.90 Å². The molecule has 19 heavy (non-hydrogen) atoms. The molecule has 0 bridgehead atoms. The molecule has 0 aliphatic heterocycles. The van der Waals surface area contributed by atoms with Crippen molar-refractivity contribution in [2.75, 3.05) is 56.4 Å². The van der Waals surface area contributed by atoms with Crippen LogP contribution >= 0.6 is 20.0 Å². The summed E-state index contributed by atoms with van der Waals surface area (Å²) >= 11 is -3.67. The van der Waals surface area contributed by atoms with Crippen molar-refractivity contribution in [1.29, 1.82) is 0 Å². The van der Waals surface area contributed by atoms with Crippen LogP contribution in [0.3, 0.4) is 0 Å². The Morgan fingerprint density at radius 1 is 0.632 bits per heavy atom. The standard InChI is InChI=1S/C10H24Cl2GeN6/c1-16(2)9(17(3)4)14-13(11,12)15-10(18(5)6)19(7)8/h1-8H3. The van der Waals surface area contributed by atoms with Crippen molar-refractivity contribution in [2.24, 2.45) is 7.90 Å². The number of halogens is 2. The van der Waals surface area contributed by atoms with Crippen LogP contribution in [0.1, 0.15) is 0 Å². The van der Waals surface area contributed by atoms with Crippen molar-refractivity contribution in [3.05, 3.63) is 0 Å². The summed E-state index contributed by atoms with van der Waals surface area (Å²) < 4.78 is 8.92. The SMILES string of the molecule is CN(C)C(=[N][Ge]([Cl])([Cl])[N]=C(N(C)C)N(C)C)N(C)C. The van der Waals surface area contributed by atoms with E-state index in [0.717, 1.165) is 0 Å². The van der Waals surface area contributed by atoms with E-state index >= 15 is 0 Å². The van der Waals surface area contributed by atoms with Crippen molar-refractivity contribution >= 4 is 43.8 Å². The van der Waals surface area contributed by atoms with Crippen LogP contribution in [0.2, 0.25) is 0 Å². The van der Waals surface area contributed by atoms with Gasteiger partial charge in [-0.3, -0.25) is 0 Å². The van der Waals surface area contributed by atoms with Gasteiger partial charge in [0.15, 0.2) is 0 Å². The van der Waals surface area contributed by atoms with E-state index in [0.29, 0.717) is 11.9 Å². The van der Waals surface area contributed by atoms with Crippen LogP contribution in [0.5, 0.6) is 0 Å². The normalized spacial score (nSPS) is 10.6. The van der Waals surface area contributed by atoms with Crippen molar-refractivity contribution in [1.82, 2.24) is 19.6 Å². The predicted octanol–water partition coefficient (Wildman–Crippen LogP) is 0.858. The number of hydrogen-bond donors (Lipinski definition) is 0. The minimum atomic E-state index is -3.67. The second kappa shape index (κ2) is 7.45. The first-order chi connectivity index (χ1) is 8.48. The summed E-state index contributed by atoms with van der Waals surface area (Å²) in [5.41, 5.74) is 0. The Morgan fingerprint density at radius 2 is 0.842 bits per heavy atom. The summed E-state index contributed by atoms with van der Waals surface area (Å²) in [6.07, 6.45) is 0. The Balaban J connectivity index is 5.47. The van der Waals surface area contributed by atoms with Crippen LogP contribution in [0.4, 0.5) is 0 Å². The van der Waals surface area contributed by atoms with E-state index in [2.05, 4.69) is 7.90 Å². The van der Waals surface area contributed by atoms with Gasteiger partial charge in [-0.25, -0.2) is 0 Å². The fraction of sp³-hybridized carbons (Fsp3) is 0.800. The maximum atomic E-state index is 6.37. The maximum absolute atomic E-state index is 6.37. The van der Waals surface area contributed by atoms with Crippen LogP contribution in [0, 0.1) is 0 Å². The monoisotopic (exact) mass is 372 g/mol. The third-order valence-electron chi connectivity index (χ3n) is 2.07. The molecule has 0 aromatic carbocycles. The fourth-order valence-electron chi connectivity index (χ4n) is 1.47. The Bertz CT molecular complexity index is 300. The van der Waals surface area contributed by atoms with Gasteiger partial charge in [-0.15, -0.1) is 0 Å². The first-order valence-corrected chi connectivity index (χ1v) is 13.1. The van der Waals surface area contributed by atoms with Crippen LogP contribution in [0.25, 0.3) is 0 Å². The molecule has 0 rings (SSSR count). The number of rotatable bonds is 2. The van der Waals surface area contributed by atoms with E-state index in [-0.39, 0.29) is 0 Å². The second-order valence-corrected chi connectivity index (χ2v) is 14.5. The summed E-state index contributed by atoms with van der Waals surface area (Å²) in [5, 5.41) is 0. The molecule has 0 heterocycles. The fourth-order valence-corrected chi connectivity index (χ4v) is 5.83. The first-order valence-electron chi connectivity index (χ1n) is 5.74. The molecule has 0 aromatic heterocycles. The second-order valence-electron chi connectivity index (χ2n) is 4.91. The molecule has 6 nitrogen and oxygen atoms in total. The average molecular weight is 372 g/mol. The van der Waals surface area contributed by atoms with Gasteiger partial charge >= 0.3 is 128 Å². The molecule has 0 spiro atoms. The van der Waals surface area contributed by atoms with E-state index in [9.17, 15) is 0 Å². The molecule has 0 atom stereocenters. The zero-order valence-electron chi connectivity index (χ0n) is 12.9. The number of nitrogens with zero attached hydrogens (tertiary/aromatic N) is 6. The van der Waals surface area contributed by atoms with Gasteiger partial charge in [-0.1, -0.05) is 0 Å². The third kappa shape index (κ3) is 6.58. The minimum absolute atomic E-state index is 0.714. The first kappa shape index (κ1) is 18.7. The molecule has 9 heteroatoms. The molecule has 0 saturated heterocycles. The Hall–Kier alpha value is -0.337. The summed E-state index contributed by atoms with van der Waals surface area (Å²) in [6, 6.07) is 0. The molecular weight excluding hydrogens is 348 g/mol. The van der Waals surface area contributed by atoms with Gasteiger partial charge < -0.3 is 0 Å². The van der Waals surface area contributed by atoms with Crippen LogP contribution in [-0.2, 0) is 0 Å². The summed E-state index contributed by atoms with van der Waals surface area (Å²) in [5.74, 6) is 1.43. The van der Waals surface area contributed by atoms with Gasteiger partial charge in [-0.05, 0) is 0 Å². The predicted molar refractivity (Wildman–Crippen MR) is 87.1 cm³/mol. The van der Waals surface area contributed by atoms with Crippen LogP contribution < -0.4 is 0 Å². The van der Waals surface area contributed by atoms with Crippen molar-refractivity contribution in [2.45, 2.75) is 0 Å². The van der Waals surface area contributed by atoms with Gasteiger partial charge in [0.05, 0.1) is 0 Å². The molecule has 0 aromatic rings. The molecule has 0 aliphatic rings. The summed E-state index contributed by atoms with van der Waals surface area (Å²) in [6.45, 7) is 0. The third-order valence-corrected chi connectivity index (χ3v) is 5.79. The number of guanidine groups is 2. The Kier molecular flexibility index (Phi) is 7.31. The van der Waals surface area contributed by atoms with Gasteiger partial charge in [0.25, 0.3) is 0 Å². The molecule has 0 N–H and O–H groups in total. The quantitative estimate of drug-likeness (QED) is 0.410. The van der Waals surface area contributed by atoms with Gasteiger partial charge in [0.1, 0.15) is 0 Å². The summed E-state index contributed by atoms with van der Waals surface area (Å²) in [4.78, 5) is 7.47. The van der Waals surface area contributed by atoms with Gasteiger partial charge in [0, 0.05) is 0 Å². The van der Waals surface area contributed by atoms with E-state index in [4.69, 9.17) is 20.0 Å². The molecule has 112 valence electrons. The molecule has 0 unspecified atom stereocenters.